The fourth-order valence-electron chi connectivity index (χ4n) is 2.10. The van der Waals surface area contributed by atoms with Crippen LogP contribution in [0.1, 0.15) is 31.0 Å². The van der Waals surface area contributed by atoms with Gasteiger partial charge >= 0.3 is 0 Å². The molecule has 0 radical (unpaired) electrons. The molecule has 0 amide bonds. The Morgan fingerprint density at radius 1 is 1.30 bits per heavy atom. The van der Waals surface area contributed by atoms with Crippen molar-refractivity contribution >= 4 is 5.69 Å². The molecule has 0 fully saturated rings. The normalized spacial score (nSPS) is 10.8. The van der Waals surface area contributed by atoms with Crippen LogP contribution >= 0.6 is 0 Å². The van der Waals surface area contributed by atoms with Crippen molar-refractivity contribution in [2.24, 2.45) is 5.73 Å². The van der Waals surface area contributed by atoms with E-state index in [0.29, 0.717) is 12.5 Å². The Balaban J connectivity index is 2.39. The molecule has 0 bridgehead atoms. The first-order valence-electron chi connectivity index (χ1n) is 6.99. The highest BCUT2D eigenvalue weighted by atomic mass is 15.0. The summed E-state index contributed by atoms with van der Waals surface area (Å²) in [7, 11) is 0. The number of nitrogens with zero attached hydrogens (tertiary/aromatic N) is 2. The van der Waals surface area contributed by atoms with Crippen LogP contribution in [-0.2, 0) is 0 Å². The van der Waals surface area contributed by atoms with Gasteiger partial charge in [0.1, 0.15) is 0 Å². The molecule has 2 rings (SSSR count). The Kier molecular flexibility index (Phi) is 4.69. The molecule has 2 aromatic rings. The second kappa shape index (κ2) is 6.48. The van der Waals surface area contributed by atoms with E-state index in [1.807, 2.05) is 18.3 Å². The molecule has 4 nitrogen and oxygen atoms in total. The molecule has 0 aliphatic heterocycles. The topological polar surface area (TPSA) is 63.8 Å². The van der Waals surface area contributed by atoms with Crippen LogP contribution in [0.4, 0.5) is 5.69 Å². The highest BCUT2D eigenvalue weighted by molar-refractivity contribution is 5.59. The third kappa shape index (κ3) is 3.33. The first-order valence-corrected chi connectivity index (χ1v) is 6.99. The van der Waals surface area contributed by atoms with Crippen molar-refractivity contribution < 1.29 is 0 Å². The summed E-state index contributed by atoms with van der Waals surface area (Å²) in [4.78, 5) is 9.19. The third-order valence-electron chi connectivity index (χ3n) is 3.10. The standard InChI is InChI=1S/C16H22N4/c1-11(2)15-14(18-8-7-17)10-19-16(20-15)13-6-4-5-12(3)9-13/h4-6,9-11,18H,7-8,17H2,1-3H3. The van der Waals surface area contributed by atoms with Crippen LogP contribution in [0, 0.1) is 6.92 Å². The largest absolute Gasteiger partial charge is 0.381 e. The monoisotopic (exact) mass is 270 g/mol. The number of hydrogen-bond acceptors (Lipinski definition) is 4. The molecule has 1 aromatic heterocycles. The summed E-state index contributed by atoms with van der Waals surface area (Å²) in [5.74, 6) is 1.11. The van der Waals surface area contributed by atoms with Gasteiger partial charge in [-0.2, -0.15) is 0 Å². The molecule has 0 spiro atoms. The Hall–Kier alpha value is -1.94. The molecule has 0 aliphatic rings. The summed E-state index contributed by atoms with van der Waals surface area (Å²) in [6, 6.07) is 8.25. The number of aromatic nitrogens is 2. The fraction of sp³-hybridized carbons (Fsp3) is 0.375. The third-order valence-corrected chi connectivity index (χ3v) is 3.10. The van der Waals surface area contributed by atoms with Gasteiger partial charge in [-0.1, -0.05) is 37.6 Å². The van der Waals surface area contributed by atoms with Crippen LogP contribution in [0.5, 0.6) is 0 Å². The first kappa shape index (κ1) is 14.5. The van der Waals surface area contributed by atoms with Gasteiger partial charge in [0.05, 0.1) is 17.6 Å². The van der Waals surface area contributed by atoms with Crippen LogP contribution in [0.15, 0.2) is 30.5 Å². The van der Waals surface area contributed by atoms with Crippen LogP contribution < -0.4 is 11.1 Å². The van der Waals surface area contributed by atoms with E-state index in [9.17, 15) is 0 Å². The minimum Gasteiger partial charge on any atom is -0.381 e. The van der Waals surface area contributed by atoms with E-state index in [2.05, 4.69) is 43.2 Å². The molecule has 4 heteroatoms. The maximum Gasteiger partial charge on any atom is 0.159 e. The van der Waals surface area contributed by atoms with Crippen molar-refractivity contribution in [3.05, 3.63) is 41.7 Å². The van der Waals surface area contributed by atoms with Crippen molar-refractivity contribution in [3.8, 4) is 11.4 Å². The van der Waals surface area contributed by atoms with Crippen molar-refractivity contribution in [3.63, 3.8) is 0 Å². The summed E-state index contributed by atoms with van der Waals surface area (Å²) >= 11 is 0. The zero-order valence-electron chi connectivity index (χ0n) is 12.4. The highest BCUT2D eigenvalue weighted by Crippen LogP contribution is 2.25. The summed E-state index contributed by atoms with van der Waals surface area (Å²) in [5.41, 5.74) is 9.81. The summed E-state index contributed by atoms with van der Waals surface area (Å²) in [6.07, 6.45) is 1.86. The van der Waals surface area contributed by atoms with Crippen LogP contribution in [0.3, 0.4) is 0 Å². The van der Waals surface area contributed by atoms with Crippen molar-refractivity contribution in [1.29, 1.82) is 0 Å². The minimum atomic E-state index is 0.335. The van der Waals surface area contributed by atoms with Gasteiger partial charge in [-0.25, -0.2) is 9.97 Å². The maximum absolute atomic E-state index is 5.54. The number of hydrogen-bond donors (Lipinski definition) is 2. The smallest absolute Gasteiger partial charge is 0.159 e. The maximum atomic E-state index is 5.54. The van der Waals surface area contributed by atoms with Gasteiger partial charge < -0.3 is 11.1 Å². The van der Waals surface area contributed by atoms with Crippen LogP contribution in [0.25, 0.3) is 11.4 Å². The van der Waals surface area contributed by atoms with Crippen LogP contribution in [-0.4, -0.2) is 23.1 Å². The molecule has 20 heavy (non-hydrogen) atoms. The summed E-state index contributed by atoms with van der Waals surface area (Å²) in [6.45, 7) is 7.67. The number of nitrogens with one attached hydrogen (secondary N) is 1. The van der Waals surface area contributed by atoms with E-state index in [-0.39, 0.29) is 0 Å². The van der Waals surface area contributed by atoms with Gasteiger partial charge in [0.15, 0.2) is 5.82 Å². The molecule has 0 saturated carbocycles. The lowest BCUT2D eigenvalue weighted by molar-refractivity contribution is 0.815. The number of aryl methyl sites for hydroxylation is 1. The van der Waals surface area contributed by atoms with Gasteiger partial charge in [-0.05, 0) is 18.9 Å². The lowest BCUT2D eigenvalue weighted by Gasteiger charge is -2.14. The average Bonchev–Trinajstić information content (AvgIpc) is 2.44. The van der Waals surface area contributed by atoms with E-state index in [1.54, 1.807) is 0 Å². The molecule has 0 aliphatic carbocycles. The SMILES string of the molecule is Cc1cccc(-c2ncc(NCCN)c(C(C)C)n2)c1. The Morgan fingerprint density at radius 2 is 2.10 bits per heavy atom. The molecule has 0 saturated heterocycles. The minimum absolute atomic E-state index is 0.335. The molecule has 106 valence electrons. The highest BCUT2D eigenvalue weighted by Gasteiger charge is 2.11. The Labute approximate surface area is 120 Å². The summed E-state index contributed by atoms with van der Waals surface area (Å²) < 4.78 is 0. The average molecular weight is 270 g/mol. The number of nitrogens with two attached hydrogens (primary N) is 1. The molecular formula is C16H22N4. The lowest BCUT2D eigenvalue weighted by atomic mass is 10.1. The van der Waals surface area contributed by atoms with E-state index >= 15 is 0 Å². The van der Waals surface area contributed by atoms with Crippen molar-refractivity contribution in [1.82, 2.24) is 9.97 Å². The molecule has 1 aromatic carbocycles. The predicted molar refractivity (Wildman–Crippen MR) is 83.8 cm³/mol. The molecule has 0 unspecified atom stereocenters. The molecule has 0 atom stereocenters. The van der Waals surface area contributed by atoms with Crippen molar-refractivity contribution in [2.75, 3.05) is 18.4 Å². The predicted octanol–water partition coefficient (Wildman–Crippen LogP) is 2.95. The second-order valence-electron chi connectivity index (χ2n) is 5.23. The van der Waals surface area contributed by atoms with Gasteiger partial charge in [0.25, 0.3) is 0 Å². The van der Waals surface area contributed by atoms with E-state index < -0.39 is 0 Å². The molecule has 1 heterocycles. The van der Waals surface area contributed by atoms with E-state index in [1.165, 1.54) is 5.56 Å². The zero-order chi connectivity index (χ0) is 14.5. The summed E-state index contributed by atoms with van der Waals surface area (Å²) in [5, 5.41) is 3.28. The number of anilines is 1. The lowest BCUT2D eigenvalue weighted by Crippen LogP contribution is -2.15. The van der Waals surface area contributed by atoms with Gasteiger partial charge in [-0.15, -0.1) is 0 Å². The van der Waals surface area contributed by atoms with Gasteiger partial charge in [0, 0.05) is 18.7 Å². The number of rotatable bonds is 5. The van der Waals surface area contributed by atoms with E-state index in [4.69, 9.17) is 10.7 Å². The van der Waals surface area contributed by atoms with Gasteiger partial charge in [-0.3, -0.25) is 0 Å². The fourth-order valence-corrected chi connectivity index (χ4v) is 2.10. The first-order chi connectivity index (χ1) is 9.61. The van der Waals surface area contributed by atoms with Crippen molar-refractivity contribution in [2.45, 2.75) is 26.7 Å². The Bertz CT molecular complexity index is 578. The van der Waals surface area contributed by atoms with Gasteiger partial charge in [0.2, 0.25) is 0 Å². The zero-order valence-corrected chi connectivity index (χ0v) is 12.4. The Morgan fingerprint density at radius 3 is 2.75 bits per heavy atom. The van der Waals surface area contributed by atoms with Crippen LogP contribution in [0.2, 0.25) is 0 Å². The number of benzene rings is 1. The second-order valence-corrected chi connectivity index (χ2v) is 5.23. The van der Waals surface area contributed by atoms with E-state index in [0.717, 1.165) is 29.3 Å². The quantitative estimate of drug-likeness (QED) is 0.876. The molecule has 3 N–H and O–H groups in total. The molecular weight excluding hydrogens is 248 g/mol.